The SMILES string of the molecule is COc1c(C(=O)NCc2ccc3c(c2)OCO3)ccc2ccccc12. The van der Waals surface area contributed by atoms with E-state index in [-0.39, 0.29) is 12.7 Å². The summed E-state index contributed by atoms with van der Waals surface area (Å²) in [6.07, 6.45) is 0. The summed E-state index contributed by atoms with van der Waals surface area (Å²) in [5.74, 6) is 1.84. The van der Waals surface area contributed by atoms with Gasteiger partial charge >= 0.3 is 0 Å². The molecular formula is C20H17NO4. The molecular weight excluding hydrogens is 318 g/mol. The van der Waals surface area contributed by atoms with E-state index in [1.165, 1.54) is 0 Å². The molecule has 1 N–H and O–H groups in total. The van der Waals surface area contributed by atoms with Crippen molar-refractivity contribution in [3.63, 3.8) is 0 Å². The number of nitrogens with one attached hydrogen (secondary N) is 1. The monoisotopic (exact) mass is 335 g/mol. The molecule has 25 heavy (non-hydrogen) atoms. The quantitative estimate of drug-likeness (QED) is 0.793. The summed E-state index contributed by atoms with van der Waals surface area (Å²) in [5, 5.41) is 4.88. The molecule has 1 amide bonds. The lowest BCUT2D eigenvalue weighted by molar-refractivity contribution is 0.0948. The van der Waals surface area contributed by atoms with Crippen LogP contribution in [0.25, 0.3) is 10.8 Å². The van der Waals surface area contributed by atoms with E-state index in [1.54, 1.807) is 13.2 Å². The smallest absolute Gasteiger partial charge is 0.255 e. The van der Waals surface area contributed by atoms with Gasteiger partial charge in [-0.25, -0.2) is 0 Å². The number of carbonyl (C=O) groups is 1. The van der Waals surface area contributed by atoms with E-state index in [2.05, 4.69) is 5.32 Å². The first-order chi connectivity index (χ1) is 12.3. The molecule has 0 radical (unpaired) electrons. The molecule has 3 aromatic carbocycles. The molecule has 0 fully saturated rings. The summed E-state index contributed by atoms with van der Waals surface area (Å²) in [4.78, 5) is 12.6. The van der Waals surface area contributed by atoms with Crippen molar-refractivity contribution in [1.82, 2.24) is 5.32 Å². The molecule has 126 valence electrons. The van der Waals surface area contributed by atoms with Gasteiger partial charge in [0.25, 0.3) is 5.91 Å². The van der Waals surface area contributed by atoms with Gasteiger partial charge in [0, 0.05) is 11.9 Å². The van der Waals surface area contributed by atoms with Gasteiger partial charge in [0.05, 0.1) is 12.7 Å². The van der Waals surface area contributed by atoms with Crippen molar-refractivity contribution in [2.24, 2.45) is 0 Å². The van der Waals surface area contributed by atoms with E-state index in [4.69, 9.17) is 14.2 Å². The van der Waals surface area contributed by atoms with Crippen molar-refractivity contribution in [3.8, 4) is 17.2 Å². The Morgan fingerprint density at radius 1 is 1.08 bits per heavy atom. The first-order valence-electron chi connectivity index (χ1n) is 7.99. The highest BCUT2D eigenvalue weighted by molar-refractivity contribution is 6.03. The lowest BCUT2D eigenvalue weighted by Crippen LogP contribution is -2.23. The zero-order valence-corrected chi connectivity index (χ0v) is 13.7. The fourth-order valence-corrected chi connectivity index (χ4v) is 2.97. The number of ether oxygens (including phenoxy) is 3. The lowest BCUT2D eigenvalue weighted by Gasteiger charge is -2.12. The van der Waals surface area contributed by atoms with Crippen LogP contribution in [-0.2, 0) is 6.54 Å². The number of methoxy groups -OCH3 is 1. The van der Waals surface area contributed by atoms with E-state index in [9.17, 15) is 4.79 Å². The van der Waals surface area contributed by atoms with Crippen LogP contribution < -0.4 is 19.5 Å². The Balaban J connectivity index is 1.56. The molecule has 0 bridgehead atoms. The molecule has 0 aliphatic carbocycles. The maximum Gasteiger partial charge on any atom is 0.255 e. The second-order valence-corrected chi connectivity index (χ2v) is 5.74. The molecule has 1 heterocycles. The van der Waals surface area contributed by atoms with Crippen molar-refractivity contribution in [3.05, 3.63) is 65.7 Å². The number of hydrogen-bond acceptors (Lipinski definition) is 4. The van der Waals surface area contributed by atoms with E-state index < -0.39 is 0 Å². The molecule has 3 aromatic rings. The fourth-order valence-electron chi connectivity index (χ4n) is 2.97. The molecule has 1 aliphatic rings. The number of benzene rings is 3. The Morgan fingerprint density at radius 3 is 2.80 bits per heavy atom. The number of carbonyl (C=O) groups excluding carboxylic acids is 1. The predicted molar refractivity (Wildman–Crippen MR) is 94.2 cm³/mol. The summed E-state index contributed by atoms with van der Waals surface area (Å²) in [6.45, 7) is 0.630. The first-order valence-corrected chi connectivity index (χ1v) is 7.99. The van der Waals surface area contributed by atoms with Crippen molar-refractivity contribution in [1.29, 1.82) is 0 Å². The molecule has 0 unspecified atom stereocenters. The Kier molecular flexibility index (Phi) is 3.90. The average Bonchev–Trinajstić information content (AvgIpc) is 3.13. The van der Waals surface area contributed by atoms with Gasteiger partial charge in [-0.3, -0.25) is 4.79 Å². The third-order valence-electron chi connectivity index (χ3n) is 4.22. The maximum atomic E-state index is 12.6. The van der Waals surface area contributed by atoms with Crippen LogP contribution in [0, 0.1) is 0 Å². The van der Waals surface area contributed by atoms with E-state index in [0.29, 0.717) is 23.6 Å². The van der Waals surface area contributed by atoms with Crippen LogP contribution >= 0.6 is 0 Å². The standard InChI is InChI=1S/C20H17NO4/c1-23-19-15-5-3-2-4-14(15)7-8-16(19)20(22)21-11-13-6-9-17-18(10-13)25-12-24-17/h2-10H,11-12H2,1H3,(H,21,22). The summed E-state index contributed by atoms with van der Waals surface area (Å²) in [7, 11) is 1.58. The highest BCUT2D eigenvalue weighted by Crippen LogP contribution is 2.33. The summed E-state index contributed by atoms with van der Waals surface area (Å²) >= 11 is 0. The third kappa shape index (κ3) is 2.85. The Morgan fingerprint density at radius 2 is 1.92 bits per heavy atom. The van der Waals surface area contributed by atoms with Crippen molar-refractivity contribution in [2.75, 3.05) is 13.9 Å². The molecule has 1 aliphatic heterocycles. The van der Waals surface area contributed by atoms with Crippen LogP contribution in [0.3, 0.4) is 0 Å². The summed E-state index contributed by atoms with van der Waals surface area (Å²) in [6, 6.07) is 17.2. The van der Waals surface area contributed by atoms with Crippen molar-refractivity contribution >= 4 is 16.7 Å². The van der Waals surface area contributed by atoms with Crippen LogP contribution in [0.2, 0.25) is 0 Å². The topological polar surface area (TPSA) is 56.8 Å². The average molecular weight is 335 g/mol. The van der Waals surface area contributed by atoms with Gasteiger partial charge in [0.15, 0.2) is 11.5 Å². The van der Waals surface area contributed by atoms with Crippen LogP contribution in [-0.4, -0.2) is 19.8 Å². The minimum absolute atomic E-state index is 0.180. The highest BCUT2D eigenvalue weighted by atomic mass is 16.7. The van der Waals surface area contributed by atoms with Gasteiger partial charge < -0.3 is 19.5 Å². The molecule has 5 heteroatoms. The lowest BCUT2D eigenvalue weighted by atomic mass is 10.0. The van der Waals surface area contributed by atoms with Crippen molar-refractivity contribution < 1.29 is 19.0 Å². The van der Waals surface area contributed by atoms with Gasteiger partial charge in [0.2, 0.25) is 6.79 Å². The molecule has 0 atom stereocenters. The van der Waals surface area contributed by atoms with Gasteiger partial charge in [-0.05, 0) is 29.1 Å². The number of amides is 1. The summed E-state index contributed by atoms with van der Waals surface area (Å²) < 4.78 is 16.1. The normalized spacial score (nSPS) is 12.2. The number of hydrogen-bond donors (Lipinski definition) is 1. The zero-order valence-electron chi connectivity index (χ0n) is 13.7. The van der Waals surface area contributed by atoms with Gasteiger partial charge in [-0.15, -0.1) is 0 Å². The summed E-state index contributed by atoms with van der Waals surface area (Å²) in [5.41, 5.74) is 1.46. The van der Waals surface area contributed by atoms with Gasteiger partial charge in [-0.1, -0.05) is 36.4 Å². The number of rotatable bonds is 4. The predicted octanol–water partition coefficient (Wildman–Crippen LogP) is 3.51. The second-order valence-electron chi connectivity index (χ2n) is 5.74. The van der Waals surface area contributed by atoms with Crippen LogP contribution in [0.4, 0.5) is 0 Å². The molecule has 0 saturated carbocycles. The minimum atomic E-state index is -0.180. The van der Waals surface area contributed by atoms with Gasteiger partial charge in [-0.2, -0.15) is 0 Å². The van der Waals surface area contributed by atoms with Crippen molar-refractivity contribution in [2.45, 2.75) is 6.54 Å². The zero-order chi connectivity index (χ0) is 17.2. The van der Waals surface area contributed by atoms with Gasteiger partial charge in [0.1, 0.15) is 5.75 Å². The second kappa shape index (κ2) is 6.36. The molecule has 0 spiro atoms. The van der Waals surface area contributed by atoms with Crippen LogP contribution in [0.15, 0.2) is 54.6 Å². The Hall–Kier alpha value is -3.21. The van der Waals surface area contributed by atoms with E-state index >= 15 is 0 Å². The van der Waals surface area contributed by atoms with Crippen LogP contribution in [0.5, 0.6) is 17.2 Å². The molecule has 0 saturated heterocycles. The third-order valence-corrected chi connectivity index (χ3v) is 4.22. The van der Waals surface area contributed by atoms with E-state index in [0.717, 1.165) is 22.1 Å². The molecule has 0 aromatic heterocycles. The minimum Gasteiger partial charge on any atom is -0.495 e. The largest absolute Gasteiger partial charge is 0.495 e. The van der Waals surface area contributed by atoms with Crippen LogP contribution in [0.1, 0.15) is 15.9 Å². The first kappa shape index (κ1) is 15.3. The number of fused-ring (bicyclic) bond motifs is 2. The molecule has 5 nitrogen and oxygen atoms in total. The Bertz CT molecular complexity index is 952. The Labute approximate surface area is 145 Å². The molecule has 4 rings (SSSR count). The highest BCUT2D eigenvalue weighted by Gasteiger charge is 2.16. The maximum absolute atomic E-state index is 12.6. The van der Waals surface area contributed by atoms with E-state index in [1.807, 2.05) is 48.5 Å². The fraction of sp³-hybridized carbons (Fsp3) is 0.150.